The molecule has 1 aliphatic rings. The molecule has 4 nitrogen and oxygen atoms in total. The molecule has 1 aromatic carbocycles. The lowest BCUT2D eigenvalue weighted by molar-refractivity contribution is 0.242. The van der Waals surface area contributed by atoms with Gasteiger partial charge in [0.15, 0.2) is 0 Å². The van der Waals surface area contributed by atoms with Crippen LogP contribution in [0.3, 0.4) is 0 Å². The molecule has 0 spiro atoms. The average Bonchev–Trinajstić information content (AvgIpc) is 2.45. The topological polar surface area (TPSA) is 49.4 Å². The van der Waals surface area contributed by atoms with Gasteiger partial charge in [-0.05, 0) is 45.1 Å². The molecule has 1 atom stereocenters. The second kappa shape index (κ2) is 6.69. The number of hydrogen-bond donors (Lipinski definition) is 1. The van der Waals surface area contributed by atoms with E-state index in [4.69, 9.17) is 0 Å². The molecular formula is C17H28N2O2S. The van der Waals surface area contributed by atoms with Gasteiger partial charge in [-0.1, -0.05) is 29.8 Å². The number of rotatable bonds is 5. The third kappa shape index (κ3) is 4.54. The van der Waals surface area contributed by atoms with Crippen molar-refractivity contribution in [2.45, 2.75) is 39.2 Å². The molecule has 0 saturated carbocycles. The highest BCUT2D eigenvalue weighted by Crippen LogP contribution is 2.23. The number of piperidine rings is 1. The maximum absolute atomic E-state index is 11.7. The van der Waals surface area contributed by atoms with Gasteiger partial charge in [0, 0.05) is 25.2 Å². The minimum absolute atomic E-state index is 0.112. The van der Waals surface area contributed by atoms with Gasteiger partial charge in [0.25, 0.3) is 0 Å². The molecule has 1 aliphatic heterocycles. The molecule has 0 aromatic heterocycles. The summed E-state index contributed by atoms with van der Waals surface area (Å²) in [5.41, 5.74) is 2.41. The van der Waals surface area contributed by atoms with Crippen LogP contribution in [-0.4, -0.2) is 38.6 Å². The van der Waals surface area contributed by atoms with E-state index in [1.54, 1.807) is 4.31 Å². The second-order valence-corrected chi connectivity index (χ2v) is 8.99. The summed E-state index contributed by atoms with van der Waals surface area (Å²) in [5, 5.41) is 3.62. The van der Waals surface area contributed by atoms with E-state index >= 15 is 0 Å². The van der Waals surface area contributed by atoms with Crippen molar-refractivity contribution in [2.24, 2.45) is 5.92 Å². The highest BCUT2D eigenvalue weighted by Gasteiger charge is 2.28. The van der Waals surface area contributed by atoms with Crippen molar-refractivity contribution in [3.63, 3.8) is 0 Å². The zero-order valence-corrected chi connectivity index (χ0v) is 14.9. The molecule has 1 N–H and O–H groups in total. The molecule has 0 bridgehead atoms. The molecule has 0 aliphatic carbocycles. The van der Waals surface area contributed by atoms with Crippen molar-refractivity contribution in [2.75, 3.05) is 25.9 Å². The molecule has 1 aromatic rings. The predicted octanol–water partition coefficient (Wildman–Crippen LogP) is 2.49. The number of nitrogens with zero attached hydrogens (tertiary/aromatic N) is 1. The molecule has 2 rings (SSSR count). The maximum atomic E-state index is 11.7. The van der Waals surface area contributed by atoms with E-state index in [1.165, 1.54) is 17.4 Å². The first kappa shape index (κ1) is 17.4. The van der Waals surface area contributed by atoms with Crippen LogP contribution in [0.5, 0.6) is 0 Å². The van der Waals surface area contributed by atoms with Gasteiger partial charge >= 0.3 is 0 Å². The molecular weight excluding hydrogens is 296 g/mol. The molecule has 0 unspecified atom stereocenters. The lowest BCUT2D eigenvalue weighted by Gasteiger charge is -2.34. The van der Waals surface area contributed by atoms with Crippen LogP contribution in [0.4, 0.5) is 0 Å². The number of hydrogen-bond acceptors (Lipinski definition) is 3. The Kier molecular flexibility index (Phi) is 5.30. The molecule has 1 heterocycles. The Labute approximate surface area is 135 Å². The van der Waals surface area contributed by atoms with E-state index in [0.29, 0.717) is 19.0 Å². The van der Waals surface area contributed by atoms with Gasteiger partial charge in [0.05, 0.1) is 6.26 Å². The van der Waals surface area contributed by atoms with E-state index in [1.807, 2.05) is 0 Å². The van der Waals surface area contributed by atoms with E-state index < -0.39 is 10.0 Å². The Balaban J connectivity index is 1.97. The Morgan fingerprint density at radius 3 is 2.73 bits per heavy atom. The molecule has 0 amide bonds. The molecule has 124 valence electrons. The van der Waals surface area contributed by atoms with Crippen molar-refractivity contribution < 1.29 is 8.42 Å². The first-order valence-electron chi connectivity index (χ1n) is 7.96. The summed E-state index contributed by atoms with van der Waals surface area (Å²) >= 11 is 0. The summed E-state index contributed by atoms with van der Waals surface area (Å²) in [6, 6.07) is 8.53. The first-order valence-corrected chi connectivity index (χ1v) is 9.80. The smallest absolute Gasteiger partial charge is 0.211 e. The summed E-state index contributed by atoms with van der Waals surface area (Å²) in [7, 11) is -3.06. The zero-order valence-electron chi connectivity index (χ0n) is 14.1. The lowest BCUT2D eigenvalue weighted by Crippen LogP contribution is -2.46. The lowest BCUT2D eigenvalue weighted by atomic mass is 9.91. The van der Waals surface area contributed by atoms with Gasteiger partial charge in [-0.15, -0.1) is 0 Å². The molecule has 1 saturated heterocycles. The van der Waals surface area contributed by atoms with Crippen molar-refractivity contribution in [1.82, 2.24) is 9.62 Å². The van der Waals surface area contributed by atoms with E-state index in [0.717, 1.165) is 19.4 Å². The molecule has 1 fully saturated rings. The Morgan fingerprint density at radius 1 is 1.36 bits per heavy atom. The third-order valence-corrected chi connectivity index (χ3v) is 5.79. The fraction of sp³-hybridized carbons (Fsp3) is 0.647. The number of aryl methyl sites for hydroxylation is 1. The van der Waals surface area contributed by atoms with Crippen LogP contribution in [0.15, 0.2) is 24.3 Å². The van der Waals surface area contributed by atoms with Crippen molar-refractivity contribution >= 4 is 10.0 Å². The normalized spacial score (nSPS) is 21.0. The summed E-state index contributed by atoms with van der Waals surface area (Å²) in [6.07, 6.45) is 3.34. The van der Waals surface area contributed by atoms with Gasteiger partial charge in [-0.3, -0.25) is 0 Å². The fourth-order valence-corrected chi connectivity index (χ4v) is 3.97. The Hall–Kier alpha value is -0.910. The zero-order chi connectivity index (χ0) is 16.4. The monoisotopic (exact) mass is 324 g/mol. The van der Waals surface area contributed by atoms with Gasteiger partial charge in [0.2, 0.25) is 10.0 Å². The Bertz CT molecular complexity index is 611. The van der Waals surface area contributed by atoms with Crippen molar-refractivity contribution in [1.29, 1.82) is 0 Å². The molecule has 5 heteroatoms. The summed E-state index contributed by atoms with van der Waals surface area (Å²) in [5.74, 6) is 0.382. The van der Waals surface area contributed by atoms with Crippen LogP contribution in [0.1, 0.15) is 37.8 Å². The van der Waals surface area contributed by atoms with Crippen LogP contribution < -0.4 is 5.32 Å². The number of benzene rings is 1. The summed E-state index contributed by atoms with van der Waals surface area (Å²) in [6.45, 7) is 8.60. The minimum Gasteiger partial charge on any atom is -0.308 e. The fourth-order valence-electron chi connectivity index (χ4n) is 3.03. The molecule has 22 heavy (non-hydrogen) atoms. The van der Waals surface area contributed by atoms with E-state index in [9.17, 15) is 8.42 Å². The first-order chi connectivity index (χ1) is 10.2. The quantitative estimate of drug-likeness (QED) is 0.905. The van der Waals surface area contributed by atoms with Crippen LogP contribution >= 0.6 is 0 Å². The maximum Gasteiger partial charge on any atom is 0.211 e. The van der Waals surface area contributed by atoms with Gasteiger partial charge in [-0.2, -0.15) is 0 Å². The standard InChI is InChI=1S/C17H28N2O2S/c1-14-7-5-9-16(11-14)17(2,3)18-12-15-8-6-10-19(13-15)22(4,20)21/h5,7,9,11,15,18H,6,8,10,12-13H2,1-4H3/t15-/m1/s1. The highest BCUT2D eigenvalue weighted by atomic mass is 32.2. The van der Waals surface area contributed by atoms with Crippen LogP contribution in [0, 0.1) is 12.8 Å². The van der Waals surface area contributed by atoms with Crippen LogP contribution in [0.2, 0.25) is 0 Å². The third-order valence-electron chi connectivity index (χ3n) is 4.52. The largest absolute Gasteiger partial charge is 0.308 e. The number of nitrogens with one attached hydrogen (secondary N) is 1. The predicted molar refractivity (Wildman–Crippen MR) is 91.3 cm³/mol. The van der Waals surface area contributed by atoms with Crippen molar-refractivity contribution in [3.8, 4) is 0 Å². The average molecular weight is 324 g/mol. The van der Waals surface area contributed by atoms with E-state index in [-0.39, 0.29) is 5.54 Å². The van der Waals surface area contributed by atoms with Gasteiger partial charge < -0.3 is 5.32 Å². The van der Waals surface area contributed by atoms with E-state index in [2.05, 4.69) is 50.4 Å². The van der Waals surface area contributed by atoms with Gasteiger partial charge in [0.1, 0.15) is 0 Å². The highest BCUT2D eigenvalue weighted by molar-refractivity contribution is 7.88. The van der Waals surface area contributed by atoms with Crippen LogP contribution in [0.25, 0.3) is 0 Å². The summed E-state index contributed by atoms with van der Waals surface area (Å²) in [4.78, 5) is 0. The molecule has 0 radical (unpaired) electrons. The number of sulfonamides is 1. The Morgan fingerprint density at radius 2 is 2.09 bits per heavy atom. The minimum atomic E-state index is -3.06. The SMILES string of the molecule is Cc1cccc(C(C)(C)NC[C@H]2CCCN(S(C)(=O)=O)C2)c1. The summed E-state index contributed by atoms with van der Waals surface area (Å²) < 4.78 is 25.0. The van der Waals surface area contributed by atoms with Crippen LogP contribution in [-0.2, 0) is 15.6 Å². The second-order valence-electron chi connectivity index (χ2n) is 7.00. The van der Waals surface area contributed by atoms with Crippen molar-refractivity contribution in [3.05, 3.63) is 35.4 Å². The van der Waals surface area contributed by atoms with Gasteiger partial charge in [-0.25, -0.2) is 12.7 Å².